The number of aliphatic hydroxyl groups is 2. The Balaban J connectivity index is 4.65. The highest BCUT2D eigenvalue weighted by molar-refractivity contribution is 5.78. The zero-order chi connectivity index (χ0) is 45.2. The number of unbranched alkanes of at least 4 members (excludes halogenated alkanes) is 24. The molecule has 1 amide bonds. The standard InChI is InChI=1S/C56H99NO5/c1-4-7-10-13-16-19-21-23-25-27-29-31-33-36-38-41-44-47-52(62-56(61)49-46-43-40-35-18-15-12-9-6-3)50-55(60)57-53(51-58)54(59)48-45-42-39-37-34-32-30-28-26-24-22-20-17-14-11-8-5-2/h7,10,16,19,23,25,29,31,36,38,44,47,52-54,58-59H,4-6,8-9,11-15,17-18,20-22,24,26-28,30,32-35,37,39-43,45-46,48-51H2,1-3H3,(H,57,60)/b10-7-,19-16-,25-23-,31-29-,38-36-,47-44-. The molecule has 0 aliphatic carbocycles. The van der Waals surface area contributed by atoms with Crippen molar-refractivity contribution in [2.24, 2.45) is 0 Å². The van der Waals surface area contributed by atoms with E-state index in [2.05, 4.69) is 86.8 Å². The molecule has 0 bridgehead atoms. The molecule has 358 valence electrons. The van der Waals surface area contributed by atoms with E-state index in [4.69, 9.17) is 4.74 Å². The van der Waals surface area contributed by atoms with Gasteiger partial charge in [0.05, 0.1) is 25.2 Å². The molecule has 0 rings (SSSR count). The lowest BCUT2D eigenvalue weighted by atomic mass is 10.0. The van der Waals surface area contributed by atoms with Gasteiger partial charge in [-0.2, -0.15) is 0 Å². The minimum Gasteiger partial charge on any atom is -0.458 e. The number of rotatable bonds is 46. The molecule has 0 aromatic carbocycles. The van der Waals surface area contributed by atoms with E-state index < -0.39 is 18.2 Å². The van der Waals surface area contributed by atoms with Crippen molar-refractivity contribution in [1.82, 2.24) is 5.32 Å². The highest BCUT2D eigenvalue weighted by atomic mass is 16.5. The number of carbonyl (C=O) groups is 2. The smallest absolute Gasteiger partial charge is 0.306 e. The van der Waals surface area contributed by atoms with Crippen molar-refractivity contribution in [1.29, 1.82) is 0 Å². The quantitative estimate of drug-likeness (QED) is 0.0322. The van der Waals surface area contributed by atoms with Gasteiger partial charge in [0.15, 0.2) is 0 Å². The molecule has 0 heterocycles. The first-order chi connectivity index (χ1) is 30.5. The maximum atomic E-state index is 13.2. The molecule has 6 nitrogen and oxygen atoms in total. The first-order valence-electron chi connectivity index (χ1n) is 26.2. The van der Waals surface area contributed by atoms with Gasteiger partial charge >= 0.3 is 5.97 Å². The van der Waals surface area contributed by atoms with Crippen LogP contribution in [0.3, 0.4) is 0 Å². The molecule has 0 aromatic rings. The predicted molar refractivity (Wildman–Crippen MR) is 268 cm³/mol. The van der Waals surface area contributed by atoms with E-state index in [1.165, 1.54) is 128 Å². The van der Waals surface area contributed by atoms with Crippen molar-refractivity contribution in [3.63, 3.8) is 0 Å². The fourth-order valence-corrected chi connectivity index (χ4v) is 7.60. The van der Waals surface area contributed by atoms with Gasteiger partial charge < -0.3 is 20.3 Å². The number of nitrogens with one attached hydrogen (secondary N) is 1. The van der Waals surface area contributed by atoms with Crippen LogP contribution in [0.4, 0.5) is 0 Å². The molecule has 0 spiro atoms. The summed E-state index contributed by atoms with van der Waals surface area (Å²) in [5.74, 6) is -0.631. The molecular formula is C56H99NO5. The van der Waals surface area contributed by atoms with E-state index in [0.29, 0.717) is 19.3 Å². The third-order valence-electron chi connectivity index (χ3n) is 11.5. The van der Waals surface area contributed by atoms with Crippen molar-refractivity contribution in [2.75, 3.05) is 6.61 Å². The van der Waals surface area contributed by atoms with Gasteiger partial charge in [0.25, 0.3) is 0 Å². The molecule has 0 fully saturated rings. The fourth-order valence-electron chi connectivity index (χ4n) is 7.60. The number of ether oxygens (including phenoxy) is 1. The molecule has 0 saturated heterocycles. The number of hydrogen-bond donors (Lipinski definition) is 3. The first-order valence-corrected chi connectivity index (χ1v) is 26.2. The Morgan fingerprint density at radius 3 is 1.23 bits per heavy atom. The minimum atomic E-state index is -0.821. The highest BCUT2D eigenvalue weighted by Gasteiger charge is 2.23. The van der Waals surface area contributed by atoms with Crippen molar-refractivity contribution in [2.45, 2.75) is 264 Å². The van der Waals surface area contributed by atoms with Gasteiger partial charge in [-0.25, -0.2) is 0 Å². The SMILES string of the molecule is CC/C=C\C/C=C\C/C=C\C/C=C\C/C=C\C/C=C\C(CC(=O)NC(CO)C(O)CCCCCCCCCCCCCCCCCCC)OC(=O)CCCCCCCCCCC. The normalized spacial score (nSPS) is 13.8. The number of allylic oxidation sites excluding steroid dienone is 11. The molecule has 0 aliphatic heterocycles. The summed E-state index contributed by atoms with van der Waals surface area (Å²) < 4.78 is 5.80. The number of hydrogen-bond acceptors (Lipinski definition) is 5. The number of esters is 1. The van der Waals surface area contributed by atoms with Crippen LogP contribution in [-0.4, -0.2) is 46.9 Å². The zero-order valence-electron chi connectivity index (χ0n) is 40.7. The Labute approximate surface area is 383 Å². The van der Waals surface area contributed by atoms with Crippen LogP contribution in [0.2, 0.25) is 0 Å². The molecule has 3 N–H and O–H groups in total. The van der Waals surface area contributed by atoms with E-state index in [-0.39, 0.29) is 24.9 Å². The Hall–Kier alpha value is -2.70. The summed E-state index contributed by atoms with van der Waals surface area (Å²) in [6, 6.07) is -0.743. The summed E-state index contributed by atoms with van der Waals surface area (Å²) in [6.07, 6.45) is 62.9. The van der Waals surface area contributed by atoms with Gasteiger partial charge in [-0.3, -0.25) is 9.59 Å². The first kappa shape index (κ1) is 59.3. The average Bonchev–Trinajstić information content (AvgIpc) is 3.26. The van der Waals surface area contributed by atoms with Crippen LogP contribution in [0.15, 0.2) is 72.9 Å². The molecule has 6 heteroatoms. The van der Waals surface area contributed by atoms with E-state index in [0.717, 1.165) is 70.6 Å². The maximum Gasteiger partial charge on any atom is 0.306 e. The predicted octanol–water partition coefficient (Wildman–Crippen LogP) is 15.8. The minimum absolute atomic E-state index is 0.0476. The van der Waals surface area contributed by atoms with Crippen molar-refractivity contribution in [3.8, 4) is 0 Å². The van der Waals surface area contributed by atoms with Crippen molar-refractivity contribution in [3.05, 3.63) is 72.9 Å². The summed E-state index contributed by atoms with van der Waals surface area (Å²) in [7, 11) is 0. The van der Waals surface area contributed by atoms with E-state index in [1.807, 2.05) is 6.08 Å². The summed E-state index contributed by atoms with van der Waals surface area (Å²) >= 11 is 0. The monoisotopic (exact) mass is 866 g/mol. The lowest BCUT2D eigenvalue weighted by molar-refractivity contribution is -0.148. The molecule has 0 saturated carbocycles. The second-order valence-electron chi connectivity index (χ2n) is 17.6. The van der Waals surface area contributed by atoms with Crippen LogP contribution < -0.4 is 5.32 Å². The van der Waals surface area contributed by atoms with Crippen LogP contribution >= 0.6 is 0 Å². The maximum absolute atomic E-state index is 13.2. The Morgan fingerprint density at radius 1 is 0.484 bits per heavy atom. The van der Waals surface area contributed by atoms with Gasteiger partial charge in [0.1, 0.15) is 6.10 Å². The summed E-state index contributed by atoms with van der Waals surface area (Å²) in [5, 5.41) is 23.7. The molecule has 0 aromatic heterocycles. The lowest BCUT2D eigenvalue weighted by Gasteiger charge is -2.23. The van der Waals surface area contributed by atoms with E-state index >= 15 is 0 Å². The van der Waals surface area contributed by atoms with E-state index in [9.17, 15) is 19.8 Å². The van der Waals surface area contributed by atoms with Gasteiger partial charge in [-0.05, 0) is 57.4 Å². The van der Waals surface area contributed by atoms with Gasteiger partial charge in [0, 0.05) is 6.42 Å². The van der Waals surface area contributed by atoms with Crippen LogP contribution in [-0.2, 0) is 14.3 Å². The fraction of sp³-hybridized carbons (Fsp3) is 0.750. The molecular weight excluding hydrogens is 767 g/mol. The second-order valence-corrected chi connectivity index (χ2v) is 17.6. The Kier molecular flexibility index (Phi) is 47.2. The van der Waals surface area contributed by atoms with Gasteiger partial charge in [0.2, 0.25) is 5.91 Å². The van der Waals surface area contributed by atoms with E-state index in [1.54, 1.807) is 6.08 Å². The van der Waals surface area contributed by atoms with Crippen LogP contribution in [0.25, 0.3) is 0 Å². The largest absolute Gasteiger partial charge is 0.458 e. The number of aliphatic hydroxyl groups excluding tert-OH is 2. The molecule has 3 unspecified atom stereocenters. The summed E-state index contributed by atoms with van der Waals surface area (Å²) in [4.78, 5) is 26.0. The van der Waals surface area contributed by atoms with Crippen LogP contribution in [0.1, 0.15) is 245 Å². The van der Waals surface area contributed by atoms with Crippen molar-refractivity contribution >= 4 is 11.9 Å². The molecule has 0 aliphatic rings. The van der Waals surface area contributed by atoms with Crippen molar-refractivity contribution < 1.29 is 24.5 Å². The third kappa shape index (κ3) is 43.9. The Morgan fingerprint density at radius 2 is 0.839 bits per heavy atom. The molecule has 62 heavy (non-hydrogen) atoms. The topological polar surface area (TPSA) is 95.9 Å². The molecule has 0 radical (unpaired) electrons. The van der Waals surface area contributed by atoms with Gasteiger partial charge in [-0.15, -0.1) is 0 Å². The molecule has 3 atom stereocenters. The number of carbonyl (C=O) groups excluding carboxylic acids is 2. The van der Waals surface area contributed by atoms with Crippen LogP contribution in [0, 0.1) is 0 Å². The van der Waals surface area contributed by atoms with Crippen LogP contribution in [0.5, 0.6) is 0 Å². The summed E-state index contributed by atoms with van der Waals surface area (Å²) in [5.41, 5.74) is 0. The average molecular weight is 866 g/mol. The summed E-state index contributed by atoms with van der Waals surface area (Å²) in [6.45, 7) is 6.32. The second kappa shape index (κ2) is 49.3. The highest BCUT2D eigenvalue weighted by Crippen LogP contribution is 2.16. The Bertz CT molecular complexity index is 1150. The lowest BCUT2D eigenvalue weighted by Crippen LogP contribution is -2.46. The zero-order valence-corrected chi connectivity index (χ0v) is 40.7. The number of amides is 1. The third-order valence-corrected chi connectivity index (χ3v) is 11.5. The van der Waals surface area contributed by atoms with Gasteiger partial charge in [-0.1, -0.05) is 248 Å².